The Balaban J connectivity index is 1.45. The summed E-state index contributed by atoms with van der Waals surface area (Å²) in [5.74, 6) is -0.425. The summed E-state index contributed by atoms with van der Waals surface area (Å²) in [5, 5.41) is 4.15. The van der Waals surface area contributed by atoms with E-state index in [0.717, 1.165) is 5.56 Å². The van der Waals surface area contributed by atoms with Gasteiger partial charge in [-0.3, -0.25) is 9.48 Å². The molecule has 1 spiro atoms. The lowest BCUT2D eigenvalue weighted by Gasteiger charge is -2.32. The second kappa shape index (κ2) is 9.43. The second-order valence-corrected chi connectivity index (χ2v) is 10.3. The Morgan fingerprint density at radius 2 is 1.97 bits per heavy atom. The molecule has 0 saturated carbocycles. The quantitative estimate of drug-likeness (QED) is 0.502. The highest BCUT2D eigenvalue weighted by atomic mass is 32.2. The molecule has 0 bridgehead atoms. The third-order valence-corrected chi connectivity index (χ3v) is 7.94. The summed E-state index contributed by atoms with van der Waals surface area (Å²) in [6.07, 6.45) is 4.86. The number of rotatable bonds is 7. The summed E-state index contributed by atoms with van der Waals surface area (Å²) in [5.41, 5.74) is 1.02. The molecular formula is C24H26N4O7S. The van der Waals surface area contributed by atoms with E-state index in [4.69, 9.17) is 18.9 Å². The fraction of sp³-hybridized carbons (Fsp3) is 0.375. The molecule has 1 N–H and O–H groups in total. The molecule has 11 nitrogen and oxygen atoms in total. The maximum Gasteiger partial charge on any atom is 0.283 e. The lowest BCUT2D eigenvalue weighted by Crippen LogP contribution is -2.35. The van der Waals surface area contributed by atoms with Gasteiger partial charge in [0.05, 0.1) is 27.4 Å². The van der Waals surface area contributed by atoms with E-state index < -0.39 is 15.9 Å². The number of nitrogens with zero attached hydrogens (tertiary/aromatic N) is 3. The SMILES string of the molecule is COc1ccc2c(c1S(=O)(=O)NC(=O)c1ccc(Cn3cccn3)c(OC)n1)OCC21CCOCC1. The third kappa shape index (κ3) is 4.26. The Kier molecular flexibility index (Phi) is 6.31. The van der Waals surface area contributed by atoms with Crippen LogP contribution in [0, 0.1) is 0 Å². The topological polar surface area (TPSA) is 131 Å². The summed E-state index contributed by atoms with van der Waals surface area (Å²) < 4.78 is 52.8. The van der Waals surface area contributed by atoms with Gasteiger partial charge in [-0.05, 0) is 37.1 Å². The zero-order valence-corrected chi connectivity index (χ0v) is 20.7. The number of aromatic nitrogens is 3. The number of pyridine rings is 1. The van der Waals surface area contributed by atoms with Crippen molar-refractivity contribution < 1.29 is 32.2 Å². The van der Waals surface area contributed by atoms with Crippen LogP contribution in [0.5, 0.6) is 17.4 Å². The number of carbonyl (C=O) groups excluding carboxylic acids is 1. The fourth-order valence-corrected chi connectivity index (χ4v) is 5.95. The van der Waals surface area contributed by atoms with E-state index in [1.807, 2.05) is 6.07 Å². The molecule has 36 heavy (non-hydrogen) atoms. The van der Waals surface area contributed by atoms with E-state index in [1.54, 1.807) is 35.3 Å². The predicted octanol–water partition coefficient (Wildman–Crippen LogP) is 1.90. The average Bonchev–Trinajstić information content (AvgIpc) is 3.52. The van der Waals surface area contributed by atoms with Gasteiger partial charge in [0.25, 0.3) is 15.9 Å². The van der Waals surface area contributed by atoms with Gasteiger partial charge < -0.3 is 18.9 Å². The van der Waals surface area contributed by atoms with Gasteiger partial charge in [-0.2, -0.15) is 5.10 Å². The zero-order valence-electron chi connectivity index (χ0n) is 19.9. The van der Waals surface area contributed by atoms with E-state index in [-0.39, 0.29) is 33.4 Å². The third-order valence-electron chi connectivity index (χ3n) is 6.56. The normalized spacial score (nSPS) is 16.3. The highest BCUT2D eigenvalue weighted by Gasteiger charge is 2.45. The van der Waals surface area contributed by atoms with Crippen molar-refractivity contribution in [1.82, 2.24) is 19.5 Å². The van der Waals surface area contributed by atoms with Gasteiger partial charge in [0.1, 0.15) is 17.2 Å². The number of amides is 1. The van der Waals surface area contributed by atoms with Crippen molar-refractivity contribution in [2.24, 2.45) is 0 Å². The van der Waals surface area contributed by atoms with Crippen molar-refractivity contribution in [3.63, 3.8) is 0 Å². The Hall–Kier alpha value is -3.64. The molecule has 190 valence electrons. The number of carbonyl (C=O) groups is 1. The van der Waals surface area contributed by atoms with E-state index in [9.17, 15) is 13.2 Å². The summed E-state index contributed by atoms with van der Waals surface area (Å²) >= 11 is 0. The van der Waals surface area contributed by atoms with Crippen molar-refractivity contribution in [1.29, 1.82) is 0 Å². The molecule has 2 aromatic heterocycles. The van der Waals surface area contributed by atoms with E-state index in [1.165, 1.54) is 20.3 Å². The summed E-state index contributed by atoms with van der Waals surface area (Å²) in [6, 6.07) is 8.29. The van der Waals surface area contributed by atoms with Crippen LogP contribution in [0.1, 0.15) is 34.5 Å². The van der Waals surface area contributed by atoms with Crippen molar-refractivity contribution in [3.8, 4) is 17.4 Å². The van der Waals surface area contributed by atoms with Crippen LogP contribution in [-0.2, 0) is 26.7 Å². The smallest absolute Gasteiger partial charge is 0.283 e. The Labute approximate surface area is 208 Å². The predicted molar refractivity (Wildman–Crippen MR) is 127 cm³/mol. The van der Waals surface area contributed by atoms with Crippen LogP contribution < -0.4 is 18.9 Å². The van der Waals surface area contributed by atoms with Crippen LogP contribution in [0.15, 0.2) is 47.6 Å². The van der Waals surface area contributed by atoms with Gasteiger partial charge in [-0.1, -0.05) is 6.07 Å². The molecule has 0 aliphatic carbocycles. The molecule has 4 heterocycles. The average molecular weight is 515 g/mol. The first kappa shape index (κ1) is 24.1. The summed E-state index contributed by atoms with van der Waals surface area (Å²) in [7, 11) is -1.58. The highest BCUT2D eigenvalue weighted by molar-refractivity contribution is 7.90. The van der Waals surface area contributed by atoms with E-state index in [2.05, 4.69) is 14.8 Å². The van der Waals surface area contributed by atoms with Crippen molar-refractivity contribution in [2.75, 3.05) is 34.0 Å². The minimum absolute atomic E-state index is 0.0817. The van der Waals surface area contributed by atoms with Crippen molar-refractivity contribution >= 4 is 15.9 Å². The maximum absolute atomic E-state index is 13.5. The number of methoxy groups -OCH3 is 2. The van der Waals surface area contributed by atoms with Gasteiger partial charge in [0.2, 0.25) is 5.88 Å². The lowest BCUT2D eigenvalue weighted by atomic mass is 9.76. The Morgan fingerprint density at radius 3 is 2.67 bits per heavy atom. The van der Waals surface area contributed by atoms with Gasteiger partial charge in [0.15, 0.2) is 4.90 Å². The fourth-order valence-electron chi connectivity index (χ4n) is 4.67. The first-order valence-corrected chi connectivity index (χ1v) is 12.9. The lowest BCUT2D eigenvalue weighted by molar-refractivity contribution is 0.0419. The van der Waals surface area contributed by atoms with E-state index in [0.29, 0.717) is 44.8 Å². The Bertz CT molecular complexity index is 1380. The first-order valence-electron chi connectivity index (χ1n) is 11.4. The zero-order chi connectivity index (χ0) is 25.3. The molecule has 0 radical (unpaired) electrons. The van der Waals surface area contributed by atoms with Gasteiger partial charge in [-0.15, -0.1) is 0 Å². The van der Waals surface area contributed by atoms with Gasteiger partial charge in [-0.25, -0.2) is 18.1 Å². The highest BCUT2D eigenvalue weighted by Crippen LogP contribution is 2.50. The molecular weight excluding hydrogens is 488 g/mol. The number of sulfonamides is 1. The largest absolute Gasteiger partial charge is 0.495 e. The van der Waals surface area contributed by atoms with Crippen LogP contribution >= 0.6 is 0 Å². The molecule has 1 aromatic carbocycles. The number of ether oxygens (including phenoxy) is 4. The monoisotopic (exact) mass is 514 g/mol. The number of nitrogens with one attached hydrogen (secondary N) is 1. The minimum atomic E-state index is -4.38. The molecule has 3 aromatic rings. The van der Waals surface area contributed by atoms with Crippen molar-refractivity contribution in [3.05, 3.63) is 59.5 Å². The molecule has 0 unspecified atom stereocenters. The van der Waals surface area contributed by atoms with Crippen LogP contribution in [0.2, 0.25) is 0 Å². The molecule has 1 amide bonds. The molecule has 1 fully saturated rings. The number of hydrogen-bond acceptors (Lipinski definition) is 9. The van der Waals surface area contributed by atoms with Crippen LogP contribution in [-0.4, -0.2) is 63.1 Å². The van der Waals surface area contributed by atoms with Crippen LogP contribution in [0.4, 0.5) is 0 Å². The summed E-state index contributed by atoms with van der Waals surface area (Å²) in [6.45, 7) is 1.85. The molecule has 1 saturated heterocycles. The minimum Gasteiger partial charge on any atom is -0.495 e. The molecule has 0 atom stereocenters. The number of hydrogen-bond donors (Lipinski definition) is 1. The number of fused-ring (bicyclic) bond motifs is 2. The van der Waals surface area contributed by atoms with Gasteiger partial charge in [0, 0.05) is 42.1 Å². The maximum atomic E-state index is 13.5. The molecule has 12 heteroatoms. The molecule has 5 rings (SSSR count). The van der Waals surface area contributed by atoms with Crippen LogP contribution in [0.3, 0.4) is 0 Å². The van der Waals surface area contributed by atoms with Crippen LogP contribution in [0.25, 0.3) is 0 Å². The van der Waals surface area contributed by atoms with Gasteiger partial charge >= 0.3 is 0 Å². The molecule has 2 aliphatic heterocycles. The first-order chi connectivity index (χ1) is 17.4. The molecule has 2 aliphatic rings. The Morgan fingerprint density at radius 1 is 1.17 bits per heavy atom. The van der Waals surface area contributed by atoms with E-state index >= 15 is 0 Å². The second-order valence-electron chi connectivity index (χ2n) is 8.66. The summed E-state index contributed by atoms with van der Waals surface area (Å²) in [4.78, 5) is 17.0. The standard InChI is InChI=1S/C24H26N4O7S/c1-32-19-7-5-17-20(35-15-24(17)8-12-34-13-9-24)21(19)36(30,31)27-22(29)18-6-4-16(23(26-18)33-2)14-28-11-3-10-25-28/h3-7,10-11H,8-9,12-15H2,1-2H3,(H,27,29). The number of benzene rings is 1. The van der Waals surface area contributed by atoms with Crippen molar-refractivity contribution in [2.45, 2.75) is 29.7 Å².